The molecule has 0 radical (unpaired) electrons. The second kappa shape index (κ2) is 13.0. The van der Waals surface area contributed by atoms with Crippen LogP contribution in [0.4, 0.5) is 28.4 Å². The predicted octanol–water partition coefficient (Wildman–Crippen LogP) is 11.9. The maximum Gasteiger partial charge on any atom is 0.168 e. The average Bonchev–Trinajstić information content (AvgIpc) is 3.64. The molecule has 0 aliphatic carbocycles. The summed E-state index contributed by atoms with van der Waals surface area (Å²) in [7, 11) is 0. The average molecular weight is 676 g/mol. The molecule has 0 unspecified atom stereocenters. The maximum absolute atomic E-state index is 6.23. The molecule has 250 valence electrons. The minimum Gasteiger partial charge on any atom is -0.453 e. The zero-order valence-corrected chi connectivity index (χ0v) is 28.4. The monoisotopic (exact) mass is 675 g/mol. The van der Waals surface area contributed by atoms with Crippen molar-refractivity contribution in [2.75, 3.05) is 9.80 Å². The van der Waals surface area contributed by atoms with Gasteiger partial charge in [-0.25, -0.2) is 0 Å². The summed E-state index contributed by atoms with van der Waals surface area (Å²) >= 11 is 0. The van der Waals surface area contributed by atoms with Crippen LogP contribution in [0.25, 0.3) is 22.6 Å². The van der Waals surface area contributed by atoms with Crippen molar-refractivity contribution >= 4 is 34.0 Å². The number of allylic oxidation sites excluding steroid dienone is 5. The summed E-state index contributed by atoms with van der Waals surface area (Å²) in [6, 6.07) is 50.9. The van der Waals surface area contributed by atoms with Crippen molar-refractivity contribution in [1.82, 2.24) is 14.8 Å². The second-order valence-corrected chi connectivity index (χ2v) is 12.4. The lowest BCUT2D eigenvalue weighted by atomic mass is 10.1. The standard InChI is InChI=1S/C45H33N5O2/c1-3-32(26-25-31(2)48-36-17-7-11-21-40(36)51-41-22-12-8-18-37(41)48)44-46-47-45(50(44)34-15-5-4-6-16-34)33-27-29-35(30-28-33)49-38-19-9-13-23-42(38)52-43-24-14-10-20-39(43)49/h3-30H,1H2,2H3/b31-25+,32-26+. The van der Waals surface area contributed by atoms with Crippen molar-refractivity contribution in [3.8, 4) is 40.1 Å². The molecule has 52 heavy (non-hydrogen) atoms. The smallest absolute Gasteiger partial charge is 0.168 e. The van der Waals surface area contributed by atoms with Gasteiger partial charge in [0.1, 0.15) is 0 Å². The van der Waals surface area contributed by atoms with E-state index in [2.05, 4.69) is 94.6 Å². The molecule has 2 aliphatic heterocycles. The van der Waals surface area contributed by atoms with Gasteiger partial charge >= 0.3 is 0 Å². The highest BCUT2D eigenvalue weighted by molar-refractivity contribution is 5.87. The highest BCUT2D eigenvalue weighted by Gasteiger charge is 2.27. The normalized spacial score (nSPS) is 13.2. The molecule has 6 aromatic carbocycles. The van der Waals surface area contributed by atoms with Crippen LogP contribution < -0.4 is 19.3 Å². The van der Waals surface area contributed by atoms with Crippen molar-refractivity contribution in [1.29, 1.82) is 0 Å². The van der Waals surface area contributed by atoms with Crippen molar-refractivity contribution in [2.24, 2.45) is 0 Å². The SMILES string of the molecule is C=C/C(=C\C=C(/C)N1c2ccccc2Oc2ccccc21)c1nnc(-c2ccc(N3c4ccccc4Oc4ccccc43)cc2)n1-c1ccccc1. The highest BCUT2D eigenvalue weighted by atomic mass is 16.5. The van der Waals surface area contributed by atoms with E-state index in [1.807, 2.05) is 103 Å². The van der Waals surface area contributed by atoms with Crippen LogP contribution in [0.1, 0.15) is 12.7 Å². The molecule has 9 rings (SSSR count). The number of rotatable bonds is 7. The first kappa shape index (κ1) is 30.9. The van der Waals surface area contributed by atoms with Gasteiger partial charge in [0.2, 0.25) is 0 Å². The summed E-state index contributed by atoms with van der Waals surface area (Å²) in [5.74, 6) is 4.65. The molecule has 3 heterocycles. The molecular formula is C45H33N5O2. The van der Waals surface area contributed by atoms with Crippen molar-refractivity contribution in [3.05, 3.63) is 188 Å². The summed E-state index contributed by atoms with van der Waals surface area (Å²) in [5, 5.41) is 9.52. The number of benzene rings is 6. The van der Waals surface area contributed by atoms with Gasteiger partial charge < -0.3 is 19.3 Å². The van der Waals surface area contributed by atoms with E-state index in [-0.39, 0.29) is 0 Å². The number of ether oxygens (including phenoxy) is 2. The summed E-state index contributed by atoms with van der Waals surface area (Å²) < 4.78 is 14.5. The molecule has 0 saturated carbocycles. The fourth-order valence-corrected chi connectivity index (χ4v) is 6.83. The molecule has 0 N–H and O–H groups in total. The molecule has 0 fully saturated rings. The van der Waals surface area contributed by atoms with E-state index in [0.29, 0.717) is 5.82 Å². The molecular weight excluding hydrogens is 643 g/mol. The largest absolute Gasteiger partial charge is 0.453 e. The van der Waals surface area contributed by atoms with Crippen molar-refractivity contribution in [3.63, 3.8) is 0 Å². The molecule has 1 aromatic heterocycles. The van der Waals surface area contributed by atoms with E-state index >= 15 is 0 Å². The quantitative estimate of drug-likeness (QED) is 0.157. The van der Waals surface area contributed by atoms with Gasteiger partial charge in [0.15, 0.2) is 34.6 Å². The van der Waals surface area contributed by atoms with Gasteiger partial charge in [-0.3, -0.25) is 4.57 Å². The first-order valence-corrected chi connectivity index (χ1v) is 17.1. The topological polar surface area (TPSA) is 55.6 Å². The predicted molar refractivity (Wildman–Crippen MR) is 209 cm³/mol. The number of nitrogens with zero attached hydrogens (tertiary/aromatic N) is 5. The Hall–Kier alpha value is -7.12. The minimum atomic E-state index is 0.683. The zero-order valence-electron chi connectivity index (χ0n) is 28.4. The lowest BCUT2D eigenvalue weighted by Crippen LogP contribution is -2.19. The second-order valence-electron chi connectivity index (χ2n) is 12.4. The molecule has 0 saturated heterocycles. The van der Waals surface area contributed by atoms with Gasteiger partial charge in [0.05, 0.1) is 22.7 Å². The summed E-state index contributed by atoms with van der Waals surface area (Å²) in [6.45, 7) is 6.28. The van der Waals surface area contributed by atoms with Crippen LogP contribution in [0.3, 0.4) is 0 Å². The zero-order chi connectivity index (χ0) is 35.0. The third-order valence-electron chi connectivity index (χ3n) is 9.26. The number of hydrogen-bond donors (Lipinski definition) is 0. The number of aromatic nitrogens is 3. The molecule has 2 aliphatic rings. The first-order chi connectivity index (χ1) is 25.7. The number of fused-ring (bicyclic) bond motifs is 4. The summed E-state index contributed by atoms with van der Waals surface area (Å²) in [6.07, 6.45) is 5.97. The lowest BCUT2D eigenvalue weighted by Gasteiger charge is -2.33. The fraction of sp³-hybridized carbons (Fsp3) is 0.0222. The number of anilines is 5. The molecule has 0 spiro atoms. The third kappa shape index (κ3) is 5.32. The van der Waals surface area contributed by atoms with Crippen LogP contribution in [0.2, 0.25) is 0 Å². The van der Waals surface area contributed by atoms with Crippen LogP contribution >= 0.6 is 0 Å². The molecule has 7 nitrogen and oxygen atoms in total. The van der Waals surface area contributed by atoms with Crippen LogP contribution in [0, 0.1) is 0 Å². The van der Waals surface area contributed by atoms with E-state index in [1.165, 1.54) is 0 Å². The van der Waals surface area contributed by atoms with Crippen LogP contribution in [0.5, 0.6) is 23.0 Å². The van der Waals surface area contributed by atoms with E-state index in [1.54, 1.807) is 0 Å². The maximum atomic E-state index is 6.23. The van der Waals surface area contributed by atoms with E-state index in [4.69, 9.17) is 19.7 Å². The van der Waals surface area contributed by atoms with Gasteiger partial charge in [-0.2, -0.15) is 0 Å². The molecule has 0 atom stereocenters. The van der Waals surface area contributed by atoms with Gasteiger partial charge in [-0.15, -0.1) is 10.2 Å². The van der Waals surface area contributed by atoms with Crippen LogP contribution in [-0.4, -0.2) is 14.8 Å². The summed E-state index contributed by atoms with van der Waals surface area (Å²) in [5.41, 5.74) is 8.65. The fourth-order valence-electron chi connectivity index (χ4n) is 6.83. The molecule has 0 bridgehead atoms. The number of hydrogen-bond acceptors (Lipinski definition) is 6. The van der Waals surface area contributed by atoms with Gasteiger partial charge in [-0.05, 0) is 104 Å². The molecule has 7 heteroatoms. The van der Waals surface area contributed by atoms with E-state index < -0.39 is 0 Å². The van der Waals surface area contributed by atoms with E-state index in [9.17, 15) is 0 Å². The molecule has 0 amide bonds. The van der Waals surface area contributed by atoms with Crippen molar-refractivity contribution < 1.29 is 9.47 Å². The Morgan fingerprint density at radius 3 is 1.60 bits per heavy atom. The third-order valence-corrected chi connectivity index (χ3v) is 9.26. The lowest BCUT2D eigenvalue weighted by molar-refractivity contribution is 0.475. The van der Waals surface area contributed by atoms with Crippen LogP contribution in [-0.2, 0) is 0 Å². The van der Waals surface area contributed by atoms with Crippen LogP contribution in [0.15, 0.2) is 182 Å². The highest BCUT2D eigenvalue weighted by Crippen LogP contribution is 2.51. The van der Waals surface area contributed by atoms with Gasteiger partial charge in [0.25, 0.3) is 0 Å². The Morgan fingerprint density at radius 1 is 0.538 bits per heavy atom. The van der Waals surface area contributed by atoms with Gasteiger partial charge in [0, 0.05) is 28.2 Å². The molecule has 7 aromatic rings. The van der Waals surface area contributed by atoms with E-state index in [0.717, 1.165) is 79.8 Å². The minimum absolute atomic E-state index is 0.683. The van der Waals surface area contributed by atoms with Crippen molar-refractivity contribution in [2.45, 2.75) is 6.92 Å². The Kier molecular flexibility index (Phi) is 7.71. The first-order valence-electron chi connectivity index (χ1n) is 17.1. The van der Waals surface area contributed by atoms with Gasteiger partial charge in [-0.1, -0.05) is 79.4 Å². The Balaban J connectivity index is 1.11. The Morgan fingerprint density at radius 2 is 1.04 bits per heavy atom. The Labute approximate surface area is 302 Å². The summed E-state index contributed by atoms with van der Waals surface area (Å²) in [4.78, 5) is 4.44. The Bertz CT molecular complexity index is 2430. The number of para-hydroxylation sites is 9.